The number of para-hydroxylation sites is 1. The van der Waals surface area contributed by atoms with Gasteiger partial charge < -0.3 is 14.4 Å². The predicted molar refractivity (Wildman–Crippen MR) is 105 cm³/mol. The second kappa shape index (κ2) is 6.77. The number of amides is 3. The lowest BCUT2D eigenvalue weighted by molar-refractivity contribution is -0.126. The van der Waals surface area contributed by atoms with Crippen LogP contribution in [-0.2, 0) is 9.59 Å². The molecule has 1 saturated heterocycles. The van der Waals surface area contributed by atoms with E-state index in [1.807, 2.05) is 0 Å². The molecule has 146 valence electrons. The number of fused-ring (bicyclic) bond motifs is 3. The number of anilines is 1. The second-order valence-corrected chi connectivity index (χ2v) is 7.13. The Kier molecular flexibility index (Phi) is 4.08. The van der Waals surface area contributed by atoms with Crippen molar-refractivity contribution in [3.63, 3.8) is 0 Å². The molecule has 1 atom stereocenters. The van der Waals surface area contributed by atoms with E-state index in [-0.39, 0.29) is 18.6 Å². The van der Waals surface area contributed by atoms with Gasteiger partial charge >= 0.3 is 0 Å². The third kappa shape index (κ3) is 2.86. The van der Waals surface area contributed by atoms with Gasteiger partial charge in [-0.05, 0) is 48.7 Å². The average Bonchev–Trinajstić information content (AvgIpc) is 3.39. The zero-order valence-electron chi connectivity index (χ0n) is 15.5. The van der Waals surface area contributed by atoms with Crippen molar-refractivity contribution < 1.29 is 23.9 Å². The Morgan fingerprint density at radius 1 is 1.07 bits per heavy atom. The summed E-state index contributed by atoms with van der Waals surface area (Å²) >= 11 is 0. The van der Waals surface area contributed by atoms with E-state index in [1.54, 1.807) is 53.4 Å². The van der Waals surface area contributed by atoms with Crippen molar-refractivity contribution in [2.24, 2.45) is 0 Å². The van der Waals surface area contributed by atoms with E-state index in [1.165, 1.54) is 6.08 Å². The zero-order valence-corrected chi connectivity index (χ0v) is 15.5. The van der Waals surface area contributed by atoms with Gasteiger partial charge in [-0.2, -0.15) is 0 Å². The fourth-order valence-corrected chi connectivity index (χ4v) is 4.02. The molecule has 3 aliphatic heterocycles. The number of benzene rings is 2. The first-order valence-corrected chi connectivity index (χ1v) is 9.49. The summed E-state index contributed by atoms with van der Waals surface area (Å²) in [5.41, 5.74) is 1.45. The van der Waals surface area contributed by atoms with Crippen LogP contribution in [0.15, 0.2) is 48.5 Å². The van der Waals surface area contributed by atoms with Crippen LogP contribution >= 0.6 is 0 Å². The highest BCUT2D eigenvalue weighted by molar-refractivity contribution is 6.25. The Labute approximate surface area is 167 Å². The Bertz CT molecular complexity index is 1060. The highest BCUT2D eigenvalue weighted by Crippen LogP contribution is 2.34. The molecule has 0 bridgehead atoms. The molecule has 7 nitrogen and oxygen atoms in total. The molecule has 3 aliphatic rings. The maximum absolute atomic E-state index is 13.2. The van der Waals surface area contributed by atoms with Crippen LogP contribution in [-0.4, -0.2) is 42.0 Å². The molecular weight excluding hydrogens is 372 g/mol. The van der Waals surface area contributed by atoms with Crippen LogP contribution in [0.5, 0.6) is 11.5 Å². The molecule has 1 fully saturated rings. The van der Waals surface area contributed by atoms with E-state index >= 15 is 0 Å². The fraction of sp³-hybridized carbons (Fsp3) is 0.227. The molecule has 3 amide bonds. The molecule has 0 saturated carbocycles. The lowest BCUT2D eigenvalue weighted by Gasteiger charge is -2.23. The normalized spacial score (nSPS) is 20.1. The Balaban J connectivity index is 1.50. The molecule has 29 heavy (non-hydrogen) atoms. The lowest BCUT2D eigenvalue weighted by Crippen LogP contribution is -2.46. The number of nitrogens with zero attached hydrogens (tertiary/aromatic N) is 2. The number of carbonyl (C=O) groups is 3. The van der Waals surface area contributed by atoms with Crippen molar-refractivity contribution in [1.29, 1.82) is 0 Å². The second-order valence-electron chi connectivity index (χ2n) is 7.13. The minimum absolute atomic E-state index is 0.173. The van der Waals surface area contributed by atoms with Gasteiger partial charge in [-0.1, -0.05) is 18.2 Å². The molecule has 0 N–H and O–H groups in total. The number of hydrogen-bond acceptors (Lipinski definition) is 5. The van der Waals surface area contributed by atoms with E-state index in [2.05, 4.69) is 0 Å². The zero-order chi connectivity index (χ0) is 20.0. The number of carbonyl (C=O) groups excluding carboxylic acids is 3. The molecule has 0 radical (unpaired) electrons. The van der Waals surface area contributed by atoms with E-state index < -0.39 is 11.9 Å². The quantitative estimate of drug-likeness (QED) is 0.737. The monoisotopic (exact) mass is 390 g/mol. The highest BCUT2D eigenvalue weighted by Gasteiger charge is 2.43. The van der Waals surface area contributed by atoms with E-state index in [0.717, 1.165) is 16.9 Å². The fourth-order valence-electron chi connectivity index (χ4n) is 4.02. The van der Waals surface area contributed by atoms with Gasteiger partial charge in [0.25, 0.3) is 17.7 Å². The molecule has 7 heteroatoms. The molecule has 5 rings (SSSR count). The Morgan fingerprint density at radius 3 is 2.79 bits per heavy atom. The molecule has 1 unspecified atom stereocenters. The molecule has 2 aromatic carbocycles. The third-order valence-corrected chi connectivity index (χ3v) is 5.43. The molecule has 0 spiro atoms. The van der Waals surface area contributed by atoms with Crippen molar-refractivity contribution in [1.82, 2.24) is 4.90 Å². The number of imide groups is 1. The van der Waals surface area contributed by atoms with Crippen LogP contribution in [0.25, 0.3) is 6.08 Å². The van der Waals surface area contributed by atoms with Gasteiger partial charge in [0.2, 0.25) is 6.79 Å². The van der Waals surface area contributed by atoms with Gasteiger partial charge in [-0.25, -0.2) is 4.90 Å². The van der Waals surface area contributed by atoms with Gasteiger partial charge in [0, 0.05) is 12.6 Å². The summed E-state index contributed by atoms with van der Waals surface area (Å²) in [6, 6.07) is 11.5. The summed E-state index contributed by atoms with van der Waals surface area (Å²) in [5, 5.41) is 0. The van der Waals surface area contributed by atoms with E-state index in [9.17, 15) is 14.4 Å². The van der Waals surface area contributed by atoms with Crippen LogP contribution in [0.1, 0.15) is 28.8 Å². The molecular formula is C22H18N2O5. The predicted octanol–water partition coefficient (Wildman–Crippen LogP) is 2.61. The van der Waals surface area contributed by atoms with Crippen LogP contribution in [0.2, 0.25) is 0 Å². The summed E-state index contributed by atoms with van der Waals surface area (Å²) in [6.45, 7) is 0.699. The van der Waals surface area contributed by atoms with Crippen molar-refractivity contribution in [3.05, 3.63) is 59.7 Å². The van der Waals surface area contributed by atoms with Crippen molar-refractivity contribution >= 4 is 29.5 Å². The van der Waals surface area contributed by atoms with Crippen molar-refractivity contribution in [2.45, 2.75) is 18.9 Å². The SMILES string of the molecule is O=C(/C=C/c1ccc2c(c1)OCO2)N1C(=O)C2CCCN2C(=O)c2ccccc21. The van der Waals surface area contributed by atoms with Gasteiger partial charge in [-0.3, -0.25) is 14.4 Å². The van der Waals surface area contributed by atoms with Crippen LogP contribution in [0, 0.1) is 0 Å². The van der Waals surface area contributed by atoms with Gasteiger partial charge in [0.15, 0.2) is 11.5 Å². The van der Waals surface area contributed by atoms with Crippen LogP contribution < -0.4 is 14.4 Å². The maximum Gasteiger partial charge on any atom is 0.257 e. The standard InChI is InChI=1S/C22H18N2O5/c25-20(10-8-14-7-9-18-19(12-14)29-13-28-18)24-16-5-2-1-4-15(16)21(26)23-11-3-6-17(23)22(24)27/h1-2,4-5,7-10,12,17H,3,6,11,13H2/b10-8+. The Hall–Kier alpha value is -3.61. The minimum atomic E-state index is -0.599. The number of ether oxygens (including phenoxy) is 2. The smallest absolute Gasteiger partial charge is 0.257 e. The maximum atomic E-state index is 13.2. The highest BCUT2D eigenvalue weighted by atomic mass is 16.7. The first-order chi connectivity index (χ1) is 14.1. The summed E-state index contributed by atoms with van der Waals surface area (Å²) in [6.07, 6.45) is 4.29. The lowest BCUT2D eigenvalue weighted by atomic mass is 10.1. The number of rotatable bonds is 2. The molecule has 0 aliphatic carbocycles. The minimum Gasteiger partial charge on any atom is -0.454 e. The average molecular weight is 390 g/mol. The summed E-state index contributed by atoms with van der Waals surface area (Å²) < 4.78 is 10.6. The van der Waals surface area contributed by atoms with Crippen LogP contribution in [0.4, 0.5) is 5.69 Å². The molecule has 3 heterocycles. The molecule has 2 aromatic rings. The summed E-state index contributed by atoms with van der Waals surface area (Å²) in [7, 11) is 0. The van der Waals surface area contributed by atoms with Gasteiger partial charge in [0.1, 0.15) is 6.04 Å². The largest absolute Gasteiger partial charge is 0.454 e. The van der Waals surface area contributed by atoms with Gasteiger partial charge in [0.05, 0.1) is 11.3 Å². The topological polar surface area (TPSA) is 76.2 Å². The third-order valence-electron chi connectivity index (χ3n) is 5.43. The first-order valence-electron chi connectivity index (χ1n) is 9.49. The van der Waals surface area contributed by atoms with E-state index in [0.29, 0.717) is 35.7 Å². The summed E-state index contributed by atoms with van der Waals surface area (Å²) in [4.78, 5) is 41.9. The summed E-state index contributed by atoms with van der Waals surface area (Å²) in [5.74, 6) is 0.224. The first kappa shape index (κ1) is 17.5. The van der Waals surface area contributed by atoms with Crippen LogP contribution in [0.3, 0.4) is 0 Å². The van der Waals surface area contributed by atoms with Crippen molar-refractivity contribution in [2.75, 3.05) is 18.2 Å². The van der Waals surface area contributed by atoms with E-state index in [4.69, 9.17) is 9.47 Å². The molecule has 0 aromatic heterocycles. The van der Waals surface area contributed by atoms with Gasteiger partial charge in [-0.15, -0.1) is 0 Å². The van der Waals surface area contributed by atoms with Crippen molar-refractivity contribution in [3.8, 4) is 11.5 Å². The number of hydrogen-bond donors (Lipinski definition) is 0. The Morgan fingerprint density at radius 2 is 1.90 bits per heavy atom.